The zero-order chi connectivity index (χ0) is 15.6. The average Bonchev–Trinajstić information content (AvgIpc) is 2.41. The minimum Gasteiger partial charge on any atom is -0.349 e. The van der Waals surface area contributed by atoms with Crippen molar-refractivity contribution in [3.63, 3.8) is 0 Å². The summed E-state index contributed by atoms with van der Waals surface area (Å²) in [6, 6.07) is 4.96. The van der Waals surface area contributed by atoms with Crippen LogP contribution in [0.5, 0.6) is 0 Å². The SMILES string of the molecule is CC1CCC(C(C)C)C(NC(=O)c2cccc(Br)c2F)C1. The number of rotatable bonds is 3. The maximum Gasteiger partial charge on any atom is 0.254 e. The van der Waals surface area contributed by atoms with E-state index in [1.807, 2.05) is 0 Å². The van der Waals surface area contributed by atoms with Crippen LogP contribution in [0, 0.1) is 23.6 Å². The first-order valence-electron chi connectivity index (χ1n) is 7.65. The highest BCUT2D eigenvalue weighted by molar-refractivity contribution is 9.10. The highest BCUT2D eigenvalue weighted by Crippen LogP contribution is 2.33. The van der Waals surface area contributed by atoms with Crippen LogP contribution in [0.4, 0.5) is 4.39 Å². The van der Waals surface area contributed by atoms with Crippen LogP contribution in [0.25, 0.3) is 0 Å². The smallest absolute Gasteiger partial charge is 0.254 e. The highest BCUT2D eigenvalue weighted by Gasteiger charge is 2.32. The van der Waals surface area contributed by atoms with E-state index in [1.54, 1.807) is 12.1 Å². The summed E-state index contributed by atoms with van der Waals surface area (Å²) in [4.78, 5) is 12.4. The largest absolute Gasteiger partial charge is 0.349 e. The number of amides is 1. The van der Waals surface area contributed by atoms with Crippen molar-refractivity contribution in [2.75, 3.05) is 0 Å². The molecule has 0 aliphatic heterocycles. The van der Waals surface area contributed by atoms with E-state index < -0.39 is 5.82 Å². The van der Waals surface area contributed by atoms with Gasteiger partial charge in [0.05, 0.1) is 10.0 Å². The minimum absolute atomic E-state index is 0.116. The number of nitrogens with one attached hydrogen (secondary N) is 1. The number of benzene rings is 1. The van der Waals surface area contributed by atoms with Gasteiger partial charge in [-0.15, -0.1) is 0 Å². The molecule has 1 aliphatic carbocycles. The highest BCUT2D eigenvalue weighted by atomic mass is 79.9. The molecule has 0 radical (unpaired) electrons. The van der Waals surface area contributed by atoms with Crippen LogP contribution in [0.2, 0.25) is 0 Å². The van der Waals surface area contributed by atoms with Gasteiger partial charge in [0, 0.05) is 6.04 Å². The second kappa shape index (κ2) is 6.91. The van der Waals surface area contributed by atoms with Gasteiger partial charge < -0.3 is 5.32 Å². The summed E-state index contributed by atoms with van der Waals surface area (Å²) in [5, 5.41) is 3.07. The zero-order valence-corrected chi connectivity index (χ0v) is 14.4. The first kappa shape index (κ1) is 16.5. The number of hydrogen-bond acceptors (Lipinski definition) is 1. The lowest BCUT2D eigenvalue weighted by Crippen LogP contribution is -2.45. The van der Waals surface area contributed by atoms with E-state index in [1.165, 1.54) is 12.5 Å². The van der Waals surface area contributed by atoms with Crippen LogP contribution in [0.1, 0.15) is 50.4 Å². The first-order chi connectivity index (χ1) is 9.90. The lowest BCUT2D eigenvalue weighted by molar-refractivity contribution is 0.0863. The van der Waals surface area contributed by atoms with Crippen LogP contribution < -0.4 is 5.32 Å². The molecule has 0 aromatic heterocycles. The Balaban J connectivity index is 2.14. The number of halogens is 2. The van der Waals surface area contributed by atoms with E-state index in [-0.39, 0.29) is 17.5 Å². The third kappa shape index (κ3) is 3.85. The Bertz CT molecular complexity index is 518. The van der Waals surface area contributed by atoms with Crippen LogP contribution >= 0.6 is 15.9 Å². The van der Waals surface area contributed by atoms with E-state index in [4.69, 9.17) is 0 Å². The van der Waals surface area contributed by atoms with Crippen molar-refractivity contribution in [2.24, 2.45) is 17.8 Å². The molecule has 4 heteroatoms. The summed E-state index contributed by atoms with van der Waals surface area (Å²) < 4.78 is 14.4. The van der Waals surface area contributed by atoms with Crippen molar-refractivity contribution >= 4 is 21.8 Å². The molecule has 0 heterocycles. The van der Waals surface area contributed by atoms with Gasteiger partial charge in [-0.3, -0.25) is 4.79 Å². The fourth-order valence-electron chi connectivity index (χ4n) is 3.29. The fourth-order valence-corrected chi connectivity index (χ4v) is 3.66. The zero-order valence-electron chi connectivity index (χ0n) is 12.8. The molecule has 3 atom stereocenters. The molecular weight excluding hydrogens is 333 g/mol. The lowest BCUT2D eigenvalue weighted by atomic mass is 9.74. The molecule has 0 saturated heterocycles. The van der Waals surface area contributed by atoms with Crippen LogP contribution in [0.3, 0.4) is 0 Å². The average molecular weight is 356 g/mol. The summed E-state index contributed by atoms with van der Waals surface area (Å²) in [6.07, 6.45) is 3.31. The first-order valence-corrected chi connectivity index (χ1v) is 8.44. The van der Waals surface area contributed by atoms with E-state index in [0.717, 1.165) is 12.8 Å². The van der Waals surface area contributed by atoms with E-state index in [9.17, 15) is 9.18 Å². The maximum atomic E-state index is 14.0. The van der Waals surface area contributed by atoms with Gasteiger partial charge in [-0.25, -0.2) is 4.39 Å². The predicted molar refractivity (Wildman–Crippen MR) is 86.7 cm³/mol. The fraction of sp³-hybridized carbons (Fsp3) is 0.588. The van der Waals surface area contributed by atoms with Gasteiger partial charge in [0.1, 0.15) is 5.82 Å². The molecule has 0 bridgehead atoms. The van der Waals surface area contributed by atoms with Gasteiger partial charge in [-0.05, 0) is 58.7 Å². The molecule has 1 aliphatic rings. The number of carbonyl (C=O) groups is 1. The second-order valence-corrected chi connectivity index (χ2v) is 7.36. The third-order valence-electron chi connectivity index (χ3n) is 4.53. The van der Waals surface area contributed by atoms with Crippen LogP contribution in [-0.4, -0.2) is 11.9 Å². The van der Waals surface area contributed by atoms with Gasteiger partial charge in [0.2, 0.25) is 0 Å². The molecular formula is C17H23BrFNO. The van der Waals surface area contributed by atoms with Gasteiger partial charge in [-0.1, -0.05) is 33.3 Å². The maximum absolute atomic E-state index is 14.0. The van der Waals surface area contributed by atoms with Crippen molar-refractivity contribution in [1.29, 1.82) is 0 Å². The molecule has 1 saturated carbocycles. The molecule has 1 aromatic carbocycles. The standard InChI is InChI=1S/C17H23BrFNO/c1-10(2)12-8-7-11(3)9-15(12)20-17(21)13-5-4-6-14(18)16(13)19/h4-6,10-12,15H,7-9H2,1-3H3,(H,20,21). The monoisotopic (exact) mass is 355 g/mol. The van der Waals surface area contributed by atoms with E-state index >= 15 is 0 Å². The minimum atomic E-state index is -0.486. The van der Waals surface area contributed by atoms with E-state index in [2.05, 4.69) is 42.0 Å². The Morgan fingerprint density at radius 1 is 1.38 bits per heavy atom. The van der Waals surface area contributed by atoms with E-state index in [0.29, 0.717) is 22.2 Å². The Kier molecular flexibility index (Phi) is 5.42. The van der Waals surface area contributed by atoms with Gasteiger partial charge in [0.15, 0.2) is 0 Å². The molecule has 21 heavy (non-hydrogen) atoms. The molecule has 2 rings (SSSR count). The Morgan fingerprint density at radius 3 is 2.76 bits per heavy atom. The summed E-state index contributed by atoms with van der Waals surface area (Å²) in [7, 11) is 0. The topological polar surface area (TPSA) is 29.1 Å². The second-order valence-electron chi connectivity index (χ2n) is 6.51. The predicted octanol–water partition coefficient (Wildman–Crippen LogP) is 4.78. The van der Waals surface area contributed by atoms with Crippen molar-refractivity contribution < 1.29 is 9.18 Å². The lowest BCUT2D eigenvalue weighted by Gasteiger charge is -2.37. The molecule has 1 N–H and O–H groups in total. The molecule has 0 spiro atoms. The van der Waals surface area contributed by atoms with Crippen molar-refractivity contribution in [2.45, 2.75) is 46.1 Å². The van der Waals surface area contributed by atoms with Crippen LogP contribution in [0.15, 0.2) is 22.7 Å². The molecule has 1 fully saturated rings. The normalized spacial score (nSPS) is 25.9. The van der Waals surface area contributed by atoms with Crippen molar-refractivity contribution in [1.82, 2.24) is 5.32 Å². The van der Waals surface area contributed by atoms with Gasteiger partial charge in [-0.2, -0.15) is 0 Å². The Morgan fingerprint density at radius 2 is 2.10 bits per heavy atom. The quantitative estimate of drug-likeness (QED) is 0.830. The molecule has 116 valence electrons. The summed E-state index contributed by atoms with van der Waals surface area (Å²) >= 11 is 3.13. The summed E-state index contributed by atoms with van der Waals surface area (Å²) in [5.41, 5.74) is 0.116. The number of hydrogen-bond donors (Lipinski definition) is 1. The van der Waals surface area contributed by atoms with Crippen molar-refractivity contribution in [3.05, 3.63) is 34.1 Å². The molecule has 1 amide bonds. The van der Waals surface area contributed by atoms with Gasteiger partial charge >= 0.3 is 0 Å². The van der Waals surface area contributed by atoms with Gasteiger partial charge in [0.25, 0.3) is 5.91 Å². The molecule has 2 nitrogen and oxygen atoms in total. The van der Waals surface area contributed by atoms with Crippen molar-refractivity contribution in [3.8, 4) is 0 Å². The molecule has 1 aromatic rings. The third-order valence-corrected chi connectivity index (χ3v) is 5.15. The summed E-state index contributed by atoms with van der Waals surface area (Å²) in [5.74, 6) is 0.812. The molecule has 3 unspecified atom stereocenters. The van der Waals surface area contributed by atoms with Crippen LogP contribution in [-0.2, 0) is 0 Å². The Hall–Kier alpha value is -0.900. The summed E-state index contributed by atoms with van der Waals surface area (Å²) in [6.45, 7) is 6.61. The Labute approximate surface area is 134 Å². The number of carbonyl (C=O) groups excluding carboxylic acids is 1.